The van der Waals surface area contributed by atoms with Gasteiger partial charge in [-0.3, -0.25) is 0 Å². The zero-order valence-electron chi connectivity index (χ0n) is 20.0. The molecule has 0 amide bonds. The summed E-state index contributed by atoms with van der Waals surface area (Å²) in [4.78, 5) is 0. The minimum atomic E-state index is -0.213. The molecule has 1 spiro atoms. The standard InChI is InChI=1S/C24H22.2C2H6.C2H4.3CH4/c1-5-17-16(4)20(6-2)24(21(17)7-3)22-14-10-8-12-18(22)19-13-9-11-15-23(19)24;3*1-2;;;/h5-15H,2H2,1,3-4H3;2*1-2H3;1-2H2;3*1H4/b17-5-,21-7+;;;;;;. The Morgan fingerprint density at radius 3 is 1.42 bits per heavy atom. The van der Waals surface area contributed by atoms with Crippen LogP contribution >= 0.6 is 0 Å². The molecule has 0 fully saturated rings. The number of benzene rings is 2. The highest BCUT2D eigenvalue weighted by molar-refractivity contribution is 5.90. The third-order valence-corrected chi connectivity index (χ3v) is 5.64. The second-order valence-electron chi connectivity index (χ2n) is 6.49. The van der Waals surface area contributed by atoms with E-state index in [4.69, 9.17) is 0 Å². The molecule has 0 N–H and O–H groups in total. The molecule has 0 heterocycles. The van der Waals surface area contributed by atoms with Crippen molar-refractivity contribution in [3.05, 3.63) is 120 Å². The Labute approximate surface area is 207 Å². The van der Waals surface area contributed by atoms with E-state index in [2.05, 4.69) is 107 Å². The number of hydrogen-bond acceptors (Lipinski definition) is 0. The molecule has 0 saturated carbocycles. The second-order valence-corrected chi connectivity index (χ2v) is 6.49. The van der Waals surface area contributed by atoms with Crippen molar-refractivity contribution in [2.24, 2.45) is 0 Å². The number of hydrogen-bond donors (Lipinski definition) is 0. The van der Waals surface area contributed by atoms with Crippen molar-refractivity contribution in [3.63, 3.8) is 0 Å². The topological polar surface area (TPSA) is 0 Å². The summed E-state index contributed by atoms with van der Waals surface area (Å²) in [5, 5.41) is 0. The summed E-state index contributed by atoms with van der Waals surface area (Å²) in [6.07, 6.45) is 6.59. The molecule has 0 atom stereocenters. The first-order chi connectivity index (χ1) is 14.7. The van der Waals surface area contributed by atoms with Crippen LogP contribution in [-0.2, 0) is 5.41 Å². The normalized spacial score (nSPS) is 15.6. The lowest BCUT2D eigenvalue weighted by Gasteiger charge is -2.32. The van der Waals surface area contributed by atoms with Crippen molar-refractivity contribution in [2.75, 3.05) is 0 Å². The van der Waals surface area contributed by atoms with Gasteiger partial charge < -0.3 is 0 Å². The van der Waals surface area contributed by atoms with Crippen LogP contribution in [0.25, 0.3) is 11.1 Å². The molecule has 0 heteroatoms. The van der Waals surface area contributed by atoms with E-state index in [0.717, 1.165) is 0 Å². The zero-order chi connectivity index (χ0) is 22.9. The zero-order valence-corrected chi connectivity index (χ0v) is 20.0. The van der Waals surface area contributed by atoms with Gasteiger partial charge in [0.2, 0.25) is 0 Å². The van der Waals surface area contributed by atoms with Gasteiger partial charge in [0.05, 0.1) is 5.41 Å². The number of allylic oxidation sites excluding steroid dienone is 7. The maximum atomic E-state index is 4.18. The van der Waals surface area contributed by atoms with Gasteiger partial charge in [0.25, 0.3) is 0 Å². The fourth-order valence-corrected chi connectivity index (χ4v) is 4.84. The van der Waals surface area contributed by atoms with Crippen LogP contribution in [0.4, 0.5) is 0 Å². The summed E-state index contributed by atoms with van der Waals surface area (Å²) in [7, 11) is 0. The van der Waals surface area contributed by atoms with E-state index < -0.39 is 0 Å². The van der Waals surface area contributed by atoms with E-state index in [1.54, 1.807) is 0 Å². The van der Waals surface area contributed by atoms with Crippen LogP contribution in [0, 0.1) is 0 Å². The molecule has 0 bridgehead atoms. The van der Waals surface area contributed by atoms with Crippen LogP contribution in [0.1, 0.15) is 81.9 Å². The van der Waals surface area contributed by atoms with Crippen LogP contribution in [0.2, 0.25) is 0 Å². The van der Waals surface area contributed by atoms with Gasteiger partial charge in [0.1, 0.15) is 0 Å². The summed E-state index contributed by atoms with van der Waals surface area (Å²) in [5.41, 5.74) is 10.6. The average Bonchev–Trinajstić information content (AvgIpc) is 3.27. The third-order valence-electron chi connectivity index (χ3n) is 5.64. The largest absolute Gasteiger partial charge is 0.106 e. The minimum Gasteiger partial charge on any atom is -0.106 e. The van der Waals surface area contributed by atoms with E-state index in [9.17, 15) is 0 Å². The lowest BCUT2D eigenvalue weighted by molar-refractivity contribution is 0.780. The quantitative estimate of drug-likeness (QED) is 0.382. The molecule has 0 saturated heterocycles. The van der Waals surface area contributed by atoms with Gasteiger partial charge in [-0.25, -0.2) is 0 Å². The summed E-state index contributed by atoms with van der Waals surface area (Å²) < 4.78 is 0. The van der Waals surface area contributed by atoms with Gasteiger partial charge in [-0.15, -0.1) is 13.2 Å². The van der Waals surface area contributed by atoms with Gasteiger partial charge in [-0.2, -0.15) is 0 Å². The SMILES string of the molecule is C.C.C.C=C.C=CC1=C(C)C(=C/C)/C(=C\C)C12c1ccccc1-c1ccccc12.CC.CC. The van der Waals surface area contributed by atoms with E-state index in [1.165, 1.54) is 44.5 Å². The molecule has 33 heavy (non-hydrogen) atoms. The predicted octanol–water partition coefficient (Wildman–Crippen LogP) is 11.1. The van der Waals surface area contributed by atoms with Crippen LogP contribution in [-0.4, -0.2) is 0 Å². The molecular weight excluding hydrogens is 396 g/mol. The first-order valence-electron chi connectivity index (χ1n) is 11.1. The number of rotatable bonds is 1. The Bertz CT molecular complexity index is 918. The monoisotopic (exact) mass is 446 g/mol. The Morgan fingerprint density at radius 2 is 1.09 bits per heavy atom. The summed E-state index contributed by atoms with van der Waals surface area (Å²) in [6.45, 7) is 24.7. The van der Waals surface area contributed by atoms with Crippen LogP contribution in [0.5, 0.6) is 0 Å². The molecule has 2 aromatic carbocycles. The molecule has 0 aliphatic heterocycles. The third kappa shape index (κ3) is 5.06. The highest BCUT2D eigenvalue weighted by Crippen LogP contribution is 2.62. The van der Waals surface area contributed by atoms with Crippen LogP contribution in [0.3, 0.4) is 0 Å². The maximum Gasteiger partial charge on any atom is 0.0718 e. The summed E-state index contributed by atoms with van der Waals surface area (Å²) in [6, 6.07) is 17.7. The van der Waals surface area contributed by atoms with Gasteiger partial charge in [0, 0.05) is 0 Å². The lowest BCUT2D eigenvalue weighted by atomic mass is 9.69. The van der Waals surface area contributed by atoms with Gasteiger partial charge in [-0.05, 0) is 65.3 Å². The molecule has 2 aliphatic rings. The number of fused-ring (bicyclic) bond motifs is 5. The van der Waals surface area contributed by atoms with Crippen LogP contribution in [0.15, 0.2) is 109 Å². The van der Waals surface area contributed by atoms with E-state index in [1.807, 2.05) is 27.7 Å². The summed E-state index contributed by atoms with van der Waals surface area (Å²) in [5.74, 6) is 0. The highest BCUT2D eigenvalue weighted by Gasteiger charge is 2.52. The average molecular weight is 447 g/mol. The highest BCUT2D eigenvalue weighted by atomic mass is 14.5. The van der Waals surface area contributed by atoms with E-state index in [0.29, 0.717) is 0 Å². The molecule has 4 rings (SSSR count). The lowest BCUT2D eigenvalue weighted by Crippen LogP contribution is -2.26. The fraction of sp³-hybridized carbons (Fsp3) is 0.333. The first-order valence-corrected chi connectivity index (χ1v) is 11.1. The molecule has 0 unspecified atom stereocenters. The Morgan fingerprint density at radius 1 is 0.697 bits per heavy atom. The van der Waals surface area contributed by atoms with E-state index in [-0.39, 0.29) is 27.7 Å². The van der Waals surface area contributed by atoms with E-state index >= 15 is 0 Å². The Hall–Kier alpha value is -2.86. The van der Waals surface area contributed by atoms with Crippen molar-refractivity contribution in [3.8, 4) is 11.1 Å². The molecule has 2 aliphatic carbocycles. The molecule has 182 valence electrons. The maximum absolute atomic E-state index is 4.18. The van der Waals surface area contributed by atoms with Gasteiger partial charge >= 0.3 is 0 Å². The van der Waals surface area contributed by atoms with Crippen molar-refractivity contribution in [1.29, 1.82) is 0 Å². The summed E-state index contributed by atoms with van der Waals surface area (Å²) >= 11 is 0. The second kappa shape index (κ2) is 15.9. The van der Waals surface area contributed by atoms with Gasteiger partial charge in [-0.1, -0.05) is 123 Å². The van der Waals surface area contributed by atoms with Crippen LogP contribution < -0.4 is 0 Å². The fourth-order valence-electron chi connectivity index (χ4n) is 4.84. The first kappa shape index (κ1) is 34.7. The Kier molecular flexibility index (Phi) is 16.7. The van der Waals surface area contributed by atoms with Crippen molar-refractivity contribution in [1.82, 2.24) is 0 Å². The van der Waals surface area contributed by atoms with Crippen molar-refractivity contribution < 1.29 is 0 Å². The minimum absolute atomic E-state index is 0. The molecule has 0 nitrogen and oxygen atoms in total. The molecule has 0 aromatic heterocycles. The predicted molar refractivity (Wildman–Crippen MR) is 157 cm³/mol. The smallest absolute Gasteiger partial charge is 0.0718 e. The molecule has 0 radical (unpaired) electrons. The van der Waals surface area contributed by atoms with Crippen molar-refractivity contribution in [2.45, 2.75) is 76.2 Å². The molecule has 2 aromatic rings. The Balaban J connectivity index is -0.000000929. The van der Waals surface area contributed by atoms with Gasteiger partial charge in [0.15, 0.2) is 0 Å². The molecular formula is C33H50. The van der Waals surface area contributed by atoms with Crippen molar-refractivity contribution >= 4 is 0 Å².